The van der Waals surface area contributed by atoms with Crippen LogP contribution in [0.4, 0.5) is 0 Å². The highest BCUT2D eigenvalue weighted by Gasteiger charge is 2.10. The van der Waals surface area contributed by atoms with Gasteiger partial charge in [-0.15, -0.1) is 0 Å². The summed E-state index contributed by atoms with van der Waals surface area (Å²) in [6, 6.07) is 14.3. The summed E-state index contributed by atoms with van der Waals surface area (Å²) >= 11 is 12.3. The molecular weight excluding hydrogens is 293 g/mol. The van der Waals surface area contributed by atoms with Gasteiger partial charge in [-0.3, -0.25) is 0 Å². The second-order valence-corrected chi connectivity index (χ2v) is 5.42. The summed E-state index contributed by atoms with van der Waals surface area (Å²) in [5.41, 5.74) is 2.28. The fourth-order valence-corrected chi connectivity index (χ4v) is 2.73. The molecule has 1 N–H and O–H groups in total. The minimum atomic E-state index is 0.260. The minimum absolute atomic E-state index is 0.260. The van der Waals surface area contributed by atoms with E-state index in [1.54, 1.807) is 7.11 Å². The molecule has 0 saturated heterocycles. The monoisotopic (exact) mass is 309 g/mol. The Kier molecular flexibility index (Phi) is 5.30. The molecule has 4 heteroatoms. The lowest BCUT2D eigenvalue weighted by Gasteiger charge is -2.15. The van der Waals surface area contributed by atoms with E-state index < -0.39 is 0 Å². The summed E-state index contributed by atoms with van der Waals surface area (Å²) < 4.78 is 5.14. The first-order valence-electron chi connectivity index (χ1n) is 6.42. The number of nitrogens with one attached hydrogen (secondary N) is 1. The molecule has 0 amide bonds. The fourth-order valence-electron chi connectivity index (χ4n) is 2.04. The number of benzene rings is 2. The Morgan fingerprint density at radius 1 is 1.10 bits per heavy atom. The number of rotatable bonds is 5. The molecule has 0 aliphatic heterocycles. The molecule has 0 bridgehead atoms. The average molecular weight is 310 g/mol. The molecule has 0 spiro atoms. The van der Waals surface area contributed by atoms with Crippen LogP contribution < -0.4 is 10.1 Å². The molecule has 0 heterocycles. The van der Waals surface area contributed by atoms with Crippen molar-refractivity contribution in [2.24, 2.45) is 0 Å². The van der Waals surface area contributed by atoms with Crippen LogP contribution in [-0.4, -0.2) is 7.11 Å². The van der Waals surface area contributed by atoms with E-state index >= 15 is 0 Å². The Labute approximate surface area is 129 Å². The fraction of sp³-hybridized carbons (Fsp3) is 0.250. The standard InChI is InChI=1S/C16H17Cl2NO/c1-11(13-6-4-3-5-7-13)19-10-12-8-14(17)16(20-2)15(18)9-12/h3-9,11,19H,10H2,1-2H3/t11-/m0/s1. The normalized spacial score (nSPS) is 12.2. The third-order valence-electron chi connectivity index (χ3n) is 3.17. The van der Waals surface area contributed by atoms with Crippen LogP contribution in [-0.2, 0) is 6.54 Å². The van der Waals surface area contributed by atoms with Gasteiger partial charge in [-0.2, -0.15) is 0 Å². The van der Waals surface area contributed by atoms with Gasteiger partial charge >= 0.3 is 0 Å². The van der Waals surface area contributed by atoms with Crippen LogP contribution in [0, 0.1) is 0 Å². The molecule has 0 aliphatic carbocycles. The molecule has 0 fully saturated rings. The summed E-state index contributed by atoms with van der Waals surface area (Å²) in [6.07, 6.45) is 0. The van der Waals surface area contributed by atoms with Crippen molar-refractivity contribution < 1.29 is 4.74 Å². The molecule has 0 aromatic heterocycles. The number of ether oxygens (including phenoxy) is 1. The minimum Gasteiger partial charge on any atom is -0.494 e. The van der Waals surface area contributed by atoms with Crippen molar-refractivity contribution >= 4 is 23.2 Å². The second-order valence-electron chi connectivity index (χ2n) is 4.61. The van der Waals surface area contributed by atoms with Crippen molar-refractivity contribution in [3.05, 3.63) is 63.6 Å². The van der Waals surface area contributed by atoms with Crippen molar-refractivity contribution in [3.8, 4) is 5.75 Å². The lowest BCUT2D eigenvalue weighted by atomic mass is 10.1. The predicted octanol–water partition coefficient (Wildman–Crippen LogP) is 4.85. The van der Waals surface area contributed by atoms with E-state index in [4.69, 9.17) is 27.9 Å². The molecule has 2 aromatic rings. The number of halogens is 2. The molecule has 1 atom stereocenters. The summed E-state index contributed by atoms with van der Waals surface area (Å²) in [7, 11) is 1.56. The van der Waals surface area contributed by atoms with E-state index in [0.29, 0.717) is 22.3 Å². The molecule has 2 nitrogen and oxygen atoms in total. The Morgan fingerprint density at radius 3 is 2.25 bits per heavy atom. The maximum atomic E-state index is 6.13. The van der Waals surface area contributed by atoms with Gasteiger partial charge in [0.25, 0.3) is 0 Å². The van der Waals surface area contributed by atoms with Crippen molar-refractivity contribution in [3.63, 3.8) is 0 Å². The van der Waals surface area contributed by atoms with Gasteiger partial charge in [0.1, 0.15) is 0 Å². The number of hydrogen-bond donors (Lipinski definition) is 1. The van der Waals surface area contributed by atoms with Gasteiger partial charge in [-0.05, 0) is 30.2 Å². The van der Waals surface area contributed by atoms with Gasteiger partial charge in [0.15, 0.2) is 5.75 Å². The smallest absolute Gasteiger partial charge is 0.156 e. The van der Waals surface area contributed by atoms with Gasteiger partial charge in [-0.1, -0.05) is 53.5 Å². The van der Waals surface area contributed by atoms with Crippen LogP contribution >= 0.6 is 23.2 Å². The van der Waals surface area contributed by atoms with Crippen molar-refractivity contribution in [2.75, 3.05) is 7.11 Å². The molecule has 106 valence electrons. The quantitative estimate of drug-likeness (QED) is 0.852. The molecule has 2 rings (SSSR count). The summed E-state index contributed by atoms with van der Waals surface area (Å²) in [5, 5.41) is 4.51. The Hall–Kier alpha value is -1.22. The largest absolute Gasteiger partial charge is 0.494 e. The predicted molar refractivity (Wildman–Crippen MR) is 84.7 cm³/mol. The van der Waals surface area contributed by atoms with Gasteiger partial charge in [0, 0.05) is 12.6 Å². The highest BCUT2D eigenvalue weighted by Crippen LogP contribution is 2.33. The lowest BCUT2D eigenvalue weighted by Crippen LogP contribution is -2.18. The summed E-state index contributed by atoms with van der Waals surface area (Å²) in [5.74, 6) is 0.521. The third kappa shape index (κ3) is 3.66. The first-order chi connectivity index (χ1) is 9.61. The first kappa shape index (κ1) is 15.2. The van der Waals surface area contributed by atoms with E-state index in [9.17, 15) is 0 Å². The maximum Gasteiger partial charge on any atom is 0.156 e. The van der Waals surface area contributed by atoms with Gasteiger partial charge in [0.05, 0.1) is 17.2 Å². The number of hydrogen-bond acceptors (Lipinski definition) is 2. The molecule has 20 heavy (non-hydrogen) atoms. The molecule has 2 aromatic carbocycles. The van der Waals surface area contributed by atoms with Crippen LogP contribution in [0.1, 0.15) is 24.1 Å². The zero-order chi connectivity index (χ0) is 14.5. The molecule has 0 aliphatic rings. The van der Waals surface area contributed by atoms with Crippen LogP contribution in [0.3, 0.4) is 0 Å². The van der Waals surface area contributed by atoms with Crippen LogP contribution in [0.5, 0.6) is 5.75 Å². The van der Waals surface area contributed by atoms with Gasteiger partial charge < -0.3 is 10.1 Å². The van der Waals surface area contributed by atoms with E-state index in [1.807, 2.05) is 30.3 Å². The molecular formula is C16H17Cl2NO. The summed E-state index contributed by atoms with van der Waals surface area (Å²) in [4.78, 5) is 0. The zero-order valence-corrected chi connectivity index (χ0v) is 13.0. The van der Waals surface area contributed by atoms with E-state index in [2.05, 4.69) is 24.4 Å². The molecule has 0 unspecified atom stereocenters. The van der Waals surface area contributed by atoms with Crippen molar-refractivity contribution in [1.29, 1.82) is 0 Å². The van der Waals surface area contributed by atoms with Gasteiger partial charge in [0.2, 0.25) is 0 Å². The highest BCUT2D eigenvalue weighted by molar-refractivity contribution is 6.37. The third-order valence-corrected chi connectivity index (χ3v) is 3.74. The van der Waals surface area contributed by atoms with Gasteiger partial charge in [-0.25, -0.2) is 0 Å². The van der Waals surface area contributed by atoms with E-state index in [1.165, 1.54) is 5.56 Å². The second kappa shape index (κ2) is 6.98. The van der Waals surface area contributed by atoms with E-state index in [0.717, 1.165) is 5.56 Å². The highest BCUT2D eigenvalue weighted by atomic mass is 35.5. The van der Waals surface area contributed by atoms with E-state index in [-0.39, 0.29) is 6.04 Å². The van der Waals surface area contributed by atoms with Crippen LogP contribution in [0.25, 0.3) is 0 Å². The van der Waals surface area contributed by atoms with Crippen molar-refractivity contribution in [2.45, 2.75) is 19.5 Å². The lowest BCUT2D eigenvalue weighted by molar-refractivity contribution is 0.415. The Bertz CT molecular complexity index is 549. The molecule has 0 saturated carbocycles. The Morgan fingerprint density at radius 2 is 1.70 bits per heavy atom. The first-order valence-corrected chi connectivity index (χ1v) is 7.17. The maximum absolute atomic E-state index is 6.13. The SMILES string of the molecule is COc1c(Cl)cc(CN[C@@H](C)c2ccccc2)cc1Cl. The number of methoxy groups -OCH3 is 1. The van der Waals surface area contributed by atoms with Crippen molar-refractivity contribution in [1.82, 2.24) is 5.32 Å². The zero-order valence-electron chi connectivity index (χ0n) is 11.5. The topological polar surface area (TPSA) is 21.3 Å². The van der Waals surface area contributed by atoms with Crippen LogP contribution in [0.2, 0.25) is 10.0 Å². The summed E-state index contributed by atoms with van der Waals surface area (Å²) in [6.45, 7) is 2.82. The average Bonchev–Trinajstić information content (AvgIpc) is 2.45. The van der Waals surface area contributed by atoms with Crippen LogP contribution in [0.15, 0.2) is 42.5 Å². The molecule has 0 radical (unpaired) electrons. The Balaban J connectivity index is 2.04.